The van der Waals surface area contributed by atoms with Gasteiger partial charge < -0.3 is 15.4 Å². The van der Waals surface area contributed by atoms with Crippen LogP contribution in [0.4, 0.5) is 17.1 Å². The minimum Gasteiger partial charge on any atom is -0.497 e. The van der Waals surface area contributed by atoms with Crippen LogP contribution < -0.4 is 20.3 Å². The van der Waals surface area contributed by atoms with Crippen LogP contribution in [0.1, 0.15) is 21.5 Å². The van der Waals surface area contributed by atoms with E-state index in [1.165, 1.54) is 16.7 Å². The summed E-state index contributed by atoms with van der Waals surface area (Å²) in [6.07, 6.45) is 0. The minimum atomic E-state index is -0.431. The first-order valence-electron chi connectivity index (χ1n) is 12.6. The largest absolute Gasteiger partial charge is 0.497 e. The maximum absolute atomic E-state index is 13.7. The molecule has 1 aliphatic rings. The van der Waals surface area contributed by atoms with E-state index in [1.807, 2.05) is 56.3 Å². The van der Waals surface area contributed by atoms with Crippen molar-refractivity contribution in [2.75, 3.05) is 22.6 Å². The van der Waals surface area contributed by atoms with Crippen molar-refractivity contribution >= 4 is 46.5 Å². The molecule has 4 aromatic rings. The Labute approximate surface area is 236 Å². The van der Waals surface area contributed by atoms with Crippen molar-refractivity contribution in [2.45, 2.75) is 18.7 Å². The average Bonchev–Trinajstić information content (AvgIpc) is 3.18. The third-order valence-electron chi connectivity index (χ3n) is 6.30. The van der Waals surface area contributed by atoms with Gasteiger partial charge in [-0.25, -0.2) is 4.90 Å². The van der Waals surface area contributed by atoms with E-state index in [4.69, 9.17) is 4.74 Å². The number of methoxy groups -OCH3 is 1. The highest BCUT2D eigenvalue weighted by Crippen LogP contribution is 2.38. The van der Waals surface area contributed by atoms with Crippen LogP contribution in [-0.2, 0) is 9.59 Å². The van der Waals surface area contributed by atoms with Gasteiger partial charge in [-0.05, 0) is 74.5 Å². The Balaban J connectivity index is 1.44. The molecule has 8 heteroatoms. The first kappa shape index (κ1) is 26.8. The van der Waals surface area contributed by atoms with Gasteiger partial charge >= 0.3 is 0 Å². The predicted octanol–water partition coefficient (Wildman–Crippen LogP) is 6.55. The van der Waals surface area contributed by atoms with E-state index in [-0.39, 0.29) is 16.5 Å². The van der Waals surface area contributed by atoms with Gasteiger partial charge in [-0.15, -0.1) is 0 Å². The number of carbonyl (C=O) groups excluding carboxylic acids is 3. The SMILES string of the molecule is COc1cccc(C(=O)Nc2cccc(SC3=C(Nc4ccc(C)cc4)C(=O)N(c4ccc(C)cc4)C3=O)c2)c1. The normalized spacial score (nSPS) is 13.0. The highest BCUT2D eigenvalue weighted by atomic mass is 32.2. The monoisotopic (exact) mass is 549 g/mol. The van der Waals surface area contributed by atoms with Gasteiger partial charge in [-0.2, -0.15) is 0 Å². The van der Waals surface area contributed by atoms with Crippen LogP contribution in [0.3, 0.4) is 0 Å². The molecule has 4 aromatic carbocycles. The standard InChI is InChI=1S/C32H27N3O4S/c1-20-10-14-23(15-11-20)33-28-29(32(38)35(31(28)37)25-16-12-21(2)13-17-25)40-27-9-5-7-24(19-27)34-30(36)22-6-4-8-26(18-22)39-3/h4-19,33H,1-3H3,(H,34,36). The molecule has 0 atom stereocenters. The molecule has 200 valence electrons. The van der Waals surface area contributed by atoms with Gasteiger partial charge in [0.2, 0.25) is 0 Å². The fourth-order valence-corrected chi connectivity index (χ4v) is 5.13. The van der Waals surface area contributed by atoms with Crippen LogP contribution in [0.15, 0.2) is 113 Å². The van der Waals surface area contributed by atoms with E-state index in [2.05, 4.69) is 10.6 Å². The van der Waals surface area contributed by atoms with Crippen LogP contribution in [0.5, 0.6) is 5.75 Å². The second-order valence-electron chi connectivity index (χ2n) is 9.29. The number of anilines is 3. The molecule has 3 amide bonds. The van der Waals surface area contributed by atoms with Crippen molar-refractivity contribution in [1.29, 1.82) is 0 Å². The smallest absolute Gasteiger partial charge is 0.283 e. The van der Waals surface area contributed by atoms with Gasteiger partial charge in [0, 0.05) is 21.8 Å². The van der Waals surface area contributed by atoms with Crippen LogP contribution >= 0.6 is 11.8 Å². The van der Waals surface area contributed by atoms with E-state index in [1.54, 1.807) is 61.7 Å². The van der Waals surface area contributed by atoms with Crippen molar-refractivity contribution in [1.82, 2.24) is 0 Å². The van der Waals surface area contributed by atoms with Crippen LogP contribution in [0.2, 0.25) is 0 Å². The van der Waals surface area contributed by atoms with Crippen LogP contribution in [0, 0.1) is 13.8 Å². The maximum Gasteiger partial charge on any atom is 0.283 e. The third-order valence-corrected chi connectivity index (χ3v) is 7.37. The number of nitrogens with zero attached hydrogens (tertiary/aromatic N) is 1. The molecule has 0 radical (unpaired) electrons. The van der Waals surface area contributed by atoms with Crippen LogP contribution in [-0.4, -0.2) is 24.8 Å². The van der Waals surface area contributed by atoms with Crippen molar-refractivity contribution < 1.29 is 19.1 Å². The lowest BCUT2D eigenvalue weighted by Gasteiger charge is -2.15. The second kappa shape index (κ2) is 11.5. The average molecular weight is 550 g/mol. The number of thioether (sulfide) groups is 1. The molecule has 0 fully saturated rings. The highest BCUT2D eigenvalue weighted by molar-refractivity contribution is 8.04. The summed E-state index contributed by atoms with van der Waals surface area (Å²) in [4.78, 5) is 42.3. The van der Waals surface area contributed by atoms with E-state index >= 15 is 0 Å². The Hall–Kier alpha value is -4.82. The van der Waals surface area contributed by atoms with Gasteiger partial charge in [-0.3, -0.25) is 14.4 Å². The molecule has 7 nitrogen and oxygen atoms in total. The number of ether oxygens (including phenoxy) is 1. The zero-order valence-corrected chi connectivity index (χ0v) is 23.0. The fourth-order valence-electron chi connectivity index (χ4n) is 4.15. The predicted molar refractivity (Wildman–Crippen MR) is 159 cm³/mol. The molecule has 2 N–H and O–H groups in total. The lowest BCUT2D eigenvalue weighted by atomic mass is 10.2. The van der Waals surface area contributed by atoms with Crippen molar-refractivity contribution in [3.8, 4) is 5.75 Å². The number of rotatable bonds is 8. The van der Waals surface area contributed by atoms with Gasteiger partial charge in [-0.1, -0.05) is 59.3 Å². The molecule has 0 saturated carbocycles. The Morgan fingerprint density at radius 3 is 2.15 bits per heavy atom. The van der Waals surface area contributed by atoms with Crippen LogP contribution in [0.25, 0.3) is 0 Å². The number of hydrogen-bond acceptors (Lipinski definition) is 6. The molecule has 1 heterocycles. The fraction of sp³-hybridized carbons (Fsp3) is 0.0938. The molecule has 5 rings (SSSR count). The number of carbonyl (C=O) groups is 3. The number of amides is 3. The zero-order chi connectivity index (χ0) is 28.2. The van der Waals surface area contributed by atoms with Crippen molar-refractivity contribution in [2.24, 2.45) is 0 Å². The molecular weight excluding hydrogens is 522 g/mol. The Kier molecular flexibility index (Phi) is 7.70. The number of benzene rings is 4. The summed E-state index contributed by atoms with van der Waals surface area (Å²) >= 11 is 1.17. The van der Waals surface area contributed by atoms with Crippen molar-refractivity contribution in [3.05, 3.63) is 124 Å². The first-order chi connectivity index (χ1) is 19.3. The summed E-state index contributed by atoms with van der Waals surface area (Å²) < 4.78 is 5.21. The minimum absolute atomic E-state index is 0.199. The number of imide groups is 1. The lowest BCUT2D eigenvalue weighted by molar-refractivity contribution is -0.120. The Morgan fingerprint density at radius 1 is 0.775 bits per heavy atom. The summed E-state index contributed by atoms with van der Waals surface area (Å²) in [5.41, 5.74) is 4.51. The molecule has 1 aliphatic heterocycles. The van der Waals surface area contributed by atoms with E-state index in [0.29, 0.717) is 33.3 Å². The molecule has 0 unspecified atom stereocenters. The van der Waals surface area contributed by atoms with E-state index in [9.17, 15) is 14.4 Å². The molecule has 0 spiro atoms. The summed E-state index contributed by atoms with van der Waals surface area (Å²) in [6.45, 7) is 3.93. The molecule has 0 saturated heterocycles. The second-order valence-corrected chi connectivity index (χ2v) is 10.4. The number of aryl methyl sites for hydroxylation is 2. The molecule has 0 bridgehead atoms. The number of hydrogen-bond donors (Lipinski definition) is 2. The highest BCUT2D eigenvalue weighted by Gasteiger charge is 2.40. The summed E-state index contributed by atoms with van der Waals surface area (Å²) in [5, 5.41) is 6.06. The van der Waals surface area contributed by atoms with E-state index < -0.39 is 11.8 Å². The molecule has 0 aliphatic carbocycles. The quantitative estimate of drug-likeness (QED) is 0.242. The van der Waals surface area contributed by atoms with Gasteiger partial charge in [0.15, 0.2) is 0 Å². The molecular formula is C32H27N3O4S. The van der Waals surface area contributed by atoms with Gasteiger partial charge in [0.1, 0.15) is 16.4 Å². The third kappa shape index (κ3) is 5.77. The van der Waals surface area contributed by atoms with Crippen molar-refractivity contribution in [3.63, 3.8) is 0 Å². The summed E-state index contributed by atoms with van der Waals surface area (Å²) in [7, 11) is 1.55. The zero-order valence-electron chi connectivity index (χ0n) is 22.2. The molecule has 40 heavy (non-hydrogen) atoms. The topological polar surface area (TPSA) is 87.7 Å². The maximum atomic E-state index is 13.7. The van der Waals surface area contributed by atoms with E-state index in [0.717, 1.165) is 11.1 Å². The summed E-state index contributed by atoms with van der Waals surface area (Å²) in [6, 6.07) is 28.9. The molecule has 0 aromatic heterocycles. The first-order valence-corrected chi connectivity index (χ1v) is 13.4. The van der Waals surface area contributed by atoms with Gasteiger partial charge in [0.25, 0.3) is 17.7 Å². The summed E-state index contributed by atoms with van der Waals surface area (Å²) in [5.74, 6) is -0.557. The number of nitrogens with one attached hydrogen (secondary N) is 2. The Morgan fingerprint density at radius 2 is 1.45 bits per heavy atom. The lowest BCUT2D eigenvalue weighted by Crippen LogP contribution is -2.32. The van der Waals surface area contributed by atoms with Gasteiger partial charge in [0.05, 0.1) is 12.8 Å². The Bertz CT molecular complexity index is 1630.